The molecule has 0 aliphatic carbocycles. The number of aryl methyl sites for hydroxylation is 2. The van der Waals surface area contributed by atoms with Gasteiger partial charge >= 0.3 is 5.69 Å². The van der Waals surface area contributed by atoms with Crippen LogP contribution in [0.4, 0.5) is 11.4 Å². The van der Waals surface area contributed by atoms with Crippen molar-refractivity contribution >= 4 is 28.3 Å². The lowest BCUT2D eigenvalue weighted by Gasteiger charge is -2.36. The first-order chi connectivity index (χ1) is 14.6. The highest BCUT2D eigenvalue weighted by molar-refractivity contribution is 5.94. The Hall–Kier alpha value is -3.06. The standard InChI is InChI=1S/C23H29N5O2/c1-3-26-14-16-27(17-15-26)19-9-5-4-8-18(19)24-22(29)12-13-28-21-11-7-6-10-20(21)25(2)23(28)30/h4-11H,3,12-17H2,1-2H3,(H,24,29). The van der Waals surface area contributed by atoms with Crippen LogP contribution in [0.3, 0.4) is 0 Å². The number of imidazole rings is 1. The third kappa shape index (κ3) is 3.98. The summed E-state index contributed by atoms with van der Waals surface area (Å²) in [7, 11) is 1.76. The first-order valence-corrected chi connectivity index (χ1v) is 10.6. The van der Waals surface area contributed by atoms with Gasteiger partial charge in [-0.25, -0.2) is 4.79 Å². The van der Waals surface area contributed by atoms with Crippen LogP contribution in [-0.2, 0) is 18.4 Å². The lowest BCUT2D eigenvalue weighted by molar-refractivity contribution is -0.116. The van der Waals surface area contributed by atoms with E-state index in [1.807, 2.05) is 42.5 Å². The molecule has 1 saturated heterocycles. The van der Waals surface area contributed by atoms with E-state index in [2.05, 4.69) is 28.1 Å². The van der Waals surface area contributed by atoms with Gasteiger partial charge in [0.2, 0.25) is 5.91 Å². The van der Waals surface area contributed by atoms with Crippen molar-refractivity contribution in [2.75, 3.05) is 42.9 Å². The molecular formula is C23H29N5O2. The number of nitrogens with zero attached hydrogens (tertiary/aromatic N) is 4. The van der Waals surface area contributed by atoms with E-state index >= 15 is 0 Å². The minimum absolute atomic E-state index is 0.0884. The molecule has 1 fully saturated rings. The minimum atomic E-state index is -0.0989. The SMILES string of the molecule is CCN1CCN(c2ccccc2NC(=O)CCn2c(=O)n(C)c3ccccc32)CC1. The molecule has 2 heterocycles. The van der Waals surface area contributed by atoms with Crippen molar-refractivity contribution in [1.82, 2.24) is 14.0 Å². The molecule has 0 atom stereocenters. The lowest BCUT2D eigenvalue weighted by Crippen LogP contribution is -2.46. The summed E-state index contributed by atoms with van der Waals surface area (Å²) in [5, 5.41) is 3.06. The molecule has 0 radical (unpaired) electrons. The normalized spacial score (nSPS) is 14.9. The van der Waals surface area contributed by atoms with Gasteiger partial charge in [-0.3, -0.25) is 13.9 Å². The zero-order valence-corrected chi connectivity index (χ0v) is 17.7. The van der Waals surface area contributed by atoms with Crippen LogP contribution in [0.1, 0.15) is 13.3 Å². The molecule has 0 spiro atoms. The molecular weight excluding hydrogens is 378 g/mol. The number of carbonyl (C=O) groups is 1. The lowest BCUT2D eigenvalue weighted by atomic mass is 10.2. The number of likely N-dealkylation sites (N-methyl/N-ethyl adjacent to an activating group) is 1. The summed E-state index contributed by atoms with van der Waals surface area (Å²) in [5.41, 5.74) is 3.52. The van der Waals surface area contributed by atoms with Crippen molar-refractivity contribution in [2.24, 2.45) is 7.05 Å². The largest absolute Gasteiger partial charge is 0.367 e. The molecule has 1 aromatic heterocycles. The molecule has 0 saturated carbocycles. The number of fused-ring (bicyclic) bond motifs is 1. The van der Waals surface area contributed by atoms with Gasteiger partial charge in [0.25, 0.3) is 0 Å². The van der Waals surface area contributed by atoms with Gasteiger partial charge in [-0.05, 0) is 30.8 Å². The molecule has 1 N–H and O–H groups in total. The van der Waals surface area contributed by atoms with Crippen LogP contribution in [0.25, 0.3) is 11.0 Å². The van der Waals surface area contributed by atoms with Crippen LogP contribution in [0.5, 0.6) is 0 Å². The molecule has 1 amide bonds. The Morgan fingerprint density at radius 1 is 0.967 bits per heavy atom. The molecule has 7 nitrogen and oxygen atoms in total. The molecule has 30 heavy (non-hydrogen) atoms. The molecule has 0 bridgehead atoms. The summed E-state index contributed by atoms with van der Waals surface area (Å²) < 4.78 is 3.29. The van der Waals surface area contributed by atoms with Gasteiger partial charge in [-0.1, -0.05) is 31.2 Å². The van der Waals surface area contributed by atoms with Gasteiger partial charge in [0.1, 0.15) is 0 Å². The molecule has 0 unspecified atom stereocenters. The summed E-state index contributed by atoms with van der Waals surface area (Å²) in [6.45, 7) is 7.57. The van der Waals surface area contributed by atoms with Gasteiger partial charge in [-0.15, -0.1) is 0 Å². The fraction of sp³-hybridized carbons (Fsp3) is 0.391. The summed E-state index contributed by atoms with van der Waals surface area (Å²) in [5.74, 6) is -0.0884. The van der Waals surface area contributed by atoms with E-state index in [9.17, 15) is 9.59 Å². The number of rotatable bonds is 6. The van der Waals surface area contributed by atoms with Crippen molar-refractivity contribution in [3.8, 4) is 0 Å². The highest BCUT2D eigenvalue weighted by atomic mass is 16.2. The van der Waals surface area contributed by atoms with Crippen molar-refractivity contribution < 1.29 is 4.79 Å². The summed E-state index contributed by atoms with van der Waals surface area (Å²) >= 11 is 0. The number of piperazine rings is 1. The molecule has 1 aliphatic heterocycles. The van der Waals surface area contributed by atoms with Gasteiger partial charge in [0.05, 0.1) is 22.4 Å². The number of nitrogens with one attached hydrogen (secondary N) is 1. The number of anilines is 2. The minimum Gasteiger partial charge on any atom is -0.367 e. The number of para-hydroxylation sites is 4. The van der Waals surface area contributed by atoms with E-state index < -0.39 is 0 Å². The van der Waals surface area contributed by atoms with E-state index in [0.29, 0.717) is 6.54 Å². The maximum absolute atomic E-state index is 12.7. The van der Waals surface area contributed by atoms with Gasteiger partial charge in [-0.2, -0.15) is 0 Å². The van der Waals surface area contributed by atoms with Crippen LogP contribution in [-0.4, -0.2) is 52.7 Å². The predicted octanol–water partition coefficient (Wildman–Crippen LogP) is 2.51. The average Bonchev–Trinajstić information content (AvgIpc) is 3.03. The molecule has 158 valence electrons. The van der Waals surface area contributed by atoms with Gasteiger partial charge in [0.15, 0.2) is 0 Å². The monoisotopic (exact) mass is 407 g/mol. The van der Waals surface area contributed by atoms with Crippen LogP contribution >= 0.6 is 0 Å². The zero-order chi connectivity index (χ0) is 21.1. The maximum Gasteiger partial charge on any atom is 0.328 e. The third-order valence-corrected chi connectivity index (χ3v) is 5.95. The van der Waals surface area contributed by atoms with Crippen LogP contribution in [0.15, 0.2) is 53.3 Å². The maximum atomic E-state index is 12.7. The third-order valence-electron chi connectivity index (χ3n) is 5.95. The predicted molar refractivity (Wildman–Crippen MR) is 121 cm³/mol. The molecule has 2 aromatic carbocycles. The van der Waals surface area contributed by atoms with E-state index in [0.717, 1.165) is 55.1 Å². The van der Waals surface area contributed by atoms with E-state index in [4.69, 9.17) is 0 Å². The van der Waals surface area contributed by atoms with E-state index in [-0.39, 0.29) is 18.0 Å². The highest BCUT2D eigenvalue weighted by Crippen LogP contribution is 2.26. The second kappa shape index (κ2) is 8.75. The highest BCUT2D eigenvalue weighted by Gasteiger charge is 2.19. The number of amides is 1. The molecule has 7 heteroatoms. The van der Waals surface area contributed by atoms with Crippen molar-refractivity contribution in [2.45, 2.75) is 19.9 Å². The summed E-state index contributed by atoms with van der Waals surface area (Å²) in [6.07, 6.45) is 0.242. The number of hydrogen-bond donors (Lipinski definition) is 1. The number of benzene rings is 2. The van der Waals surface area contributed by atoms with Crippen molar-refractivity contribution in [3.05, 3.63) is 59.0 Å². The molecule has 4 rings (SSSR count). The van der Waals surface area contributed by atoms with Crippen LogP contribution in [0, 0.1) is 0 Å². The Labute approximate surface area is 176 Å². The molecule has 3 aromatic rings. The first kappa shape index (κ1) is 20.2. The Balaban J connectivity index is 1.45. The topological polar surface area (TPSA) is 62.5 Å². The van der Waals surface area contributed by atoms with Gasteiger partial charge in [0, 0.05) is 46.2 Å². The van der Waals surface area contributed by atoms with E-state index in [1.165, 1.54) is 0 Å². The van der Waals surface area contributed by atoms with Crippen molar-refractivity contribution in [3.63, 3.8) is 0 Å². The Morgan fingerprint density at radius 2 is 1.63 bits per heavy atom. The van der Waals surface area contributed by atoms with E-state index in [1.54, 1.807) is 16.2 Å². The Kier molecular flexibility index (Phi) is 5.90. The summed E-state index contributed by atoms with van der Waals surface area (Å²) in [6, 6.07) is 15.6. The number of carbonyl (C=O) groups excluding carboxylic acids is 1. The fourth-order valence-corrected chi connectivity index (χ4v) is 4.17. The zero-order valence-electron chi connectivity index (χ0n) is 17.7. The smallest absolute Gasteiger partial charge is 0.328 e. The van der Waals surface area contributed by atoms with Crippen LogP contribution in [0.2, 0.25) is 0 Å². The fourth-order valence-electron chi connectivity index (χ4n) is 4.17. The second-order valence-corrected chi connectivity index (χ2v) is 7.72. The number of aromatic nitrogens is 2. The Morgan fingerprint density at radius 3 is 2.37 bits per heavy atom. The van der Waals surface area contributed by atoms with Gasteiger partial charge < -0.3 is 15.1 Å². The first-order valence-electron chi connectivity index (χ1n) is 10.6. The summed E-state index contributed by atoms with van der Waals surface area (Å²) in [4.78, 5) is 30.0. The Bertz CT molecular complexity index is 1090. The number of hydrogen-bond acceptors (Lipinski definition) is 4. The quantitative estimate of drug-likeness (QED) is 0.682. The average molecular weight is 408 g/mol. The second-order valence-electron chi connectivity index (χ2n) is 7.72. The molecule has 1 aliphatic rings. The van der Waals surface area contributed by atoms with Crippen molar-refractivity contribution in [1.29, 1.82) is 0 Å². The van der Waals surface area contributed by atoms with Crippen LogP contribution < -0.4 is 15.9 Å².